The Balaban J connectivity index is 2.91. The smallest absolute Gasteiger partial charge is 0.130 e. The molecule has 0 aliphatic rings. The van der Waals surface area contributed by atoms with E-state index < -0.39 is 0 Å². The van der Waals surface area contributed by atoms with E-state index in [-0.39, 0.29) is 0 Å². The van der Waals surface area contributed by atoms with E-state index >= 15 is 0 Å². The minimum absolute atomic E-state index is 0.899. The summed E-state index contributed by atoms with van der Waals surface area (Å²) in [5.41, 5.74) is 0. The molecule has 0 atom stereocenters. The molecule has 3 heteroatoms. The van der Waals surface area contributed by atoms with Gasteiger partial charge in [-0.15, -0.1) is 0 Å². The van der Waals surface area contributed by atoms with Crippen molar-refractivity contribution in [3.05, 3.63) is 18.2 Å². The van der Waals surface area contributed by atoms with Crippen LogP contribution in [0.15, 0.2) is 18.2 Å². The summed E-state index contributed by atoms with van der Waals surface area (Å²) in [7, 11) is 5.81. The zero-order valence-electron chi connectivity index (χ0n) is 7.13. The lowest BCUT2D eigenvalue weighted by Crippen LogP contribution is -2.10. The molecule has 0 aromatic carbocycles. The van der Waals surface area contributed by atoms with E-state index in [0.717, 1.165) is 11.6 Å². The second-order valence-electron chi connectivity index (χ2n) is 2.53. The highest BCUT2D eigenvalue weighted by Gasteiger charge is 1.95. The highest BCUT2D eigenvalue weighted by Crippen LogP contribution is 2.10. The molecule has 60 valence electrons. The van der Waals surface area contributed by atoms with Crippen molar-refractivity contribution in [1.29, 1.82) is 0 Å². The monoisotopic (exact) mass is 151 g/mol. The molecule has 0 amide bonds. The van der Waals surface area contributed by atoms with E-state index in [2.05, 4.69) is 10.3 Å². The molecule has 0 aliphatic carbocycles. The van der Waals surface area contributed by atoms with E-state index in [9.17, 15) is 0 Å². The molecule has 0 fully saturated rings. The molecule has 11 heavy (non-hydrogen) atoms. The van der Waals surface area contributed by atoms with E-state index in [1.807, 2.05) is 44.2 Å². The molecule has 3 nitrogen and oxygen atoms in total. The molecule has 0 saturated heterocycles. The Morgan fingerprint density at radius 1 is 1.36 bits per heavy atom. The largest absolute Gasteiger partial charge is 0.373 e. The van der Waals surface area contributed by atoms with Gasteiger partial charge in [-0.05, 0) is 12.1 Å². The van der Waals surface area contributed by atoms with Gasteiger partial charge in [0.25, 0.3) is 0 Å². The summed E-state index contributed by atoms with van der Waals surface area (Å²) < 4.78 is 0. The van der Waals surface area contributed by atoms with Gasteiger partial charge in [0.15, 0.2) is 0 Å². The fraction of sp³-hybridized carbons (Fsp3) is 0.375. The lowest BCUT2D eigenvalue weighted by Gasteiger charge is -2.11. The standard InChI is InChI=1S/C8H13N3/c1-9-7-5-4-6-8(10-7)11(2)3/h4-6H,1-3H3,(H,9,10). The van der Waals surface area contributed by atoms with Crippen LogP contribution in [0.1, 0.15) is 0 Å². The third-order valence-electron chi connectivity index (χ3n) is 1.45. The van der Waals surface area contributed by atoms with Gasteiger partial charge in [0.1, 0.15) is 11.6 Å². The van der Waals surface area contributed by atoms with Gasteiger partial charge in [-0.3, -0.25) is 0 Å². The molecule has 1 heterocycles. The molecular formula is C8H13N3. The summed E-state index contributed by atoms with van der Waals surface area (Å²) in [4.78, 5) is 6.28. The van der Waals surface area contributed by atoms with Gasteiger partial charge in [0.05, 0.1) is 0 Å². The van der Waals surface area contributed by atoms with Crippen LogP contribution < -0.4 is 10.2 Å². The predicted octanol–water partition coefficient (Wildman–Crippen LogP) is 1.19. The average molecular weight is 151 g/mol. The average Bonchev–Trinajstić information content (AvgIpc) is 2.05. The fourth-order valence-electron chi connectivity index (χ4n) is 0.812. The first-order valence-corrected chi connectivity index (χ1v) is 3.56. The number of anilines is 2. The van der Waals surface area contributed by atoms with Crippen molar-refractivity contribution >= 4 is 11.6 Å². The van der Waals surface area contributed by atoms with Crippen LogP contribution in [0.25, 0.3) is 0 Å². The van der Waals surface area contributed by atoms with Crippen molar-refractivity contribution in [3.63, 3.8) is 0 Å². The van der Waals surface area contributed by atoms with Crippen LogP contribution in [0.4, 0.5) is 11.6 Å². The van der Waals surface area contributed by atoms with Crippen LogP contribution in [0.2, 0.25) is 0 Å². The van der Waals surface area contributed by atoms with E-state index in [4.69, 9.17) is 0 Å². The van der Waals surface area contributed by atoms with Gasteiger partial charge >= 0.3 is 0 Å². The molecule has 0 bridgehead atoms. The van der Waals surface area contributed by atoms with Crippen LogP contribution in [0.5, 0.6) is 0 Å². The van der Waals surface area contributed by atoms with Crippen LogP contribution in [0, 0.1) is 0 Å². The quantitative estimate of drug-likeness (QED) is 0.688. The number of pyridine rings is 1. The summed E-state index contributed by atoms with van der Waals surface area (Å²) in [5.74, 6) is 1.87. The third-order valence-corrected chi connectivity index (χ3v) is 1.45. The molecule has 0 aliphatic heterocycles. The first kappa shape index (κ1) is 7.85. The topological polar surface area (TPSA) is 28.2 Å². The van der Waals surface area contributed by atoms with Gasteiger partial charge in [0.2, 0.25) is 0 Å². The summed E-state index contributed by atoms with van der Waals surface area (Å²) in [5, 5.41) is 2.98. The van der Waals surface area contributed by atoms with E-state index in [1.165, 1.54) is 0 Å². The van der Waals surface area contributed by atoms with Gasteiger partial charge in [-0.25, -0.2) is 4.98 Å². The first-order valence-electron chi connectivity index (χ1n) is 3.56. The lowest BCUT2D eigenvalue weighted by atomic mass is 10.4. The van der Waals surface area contributed by atoms with Crippen molar-refractivity contribution in [2.75, 3.05) is 31.4 Å². The molecule has 1 aromatic rings. The summed E-state index contributed by atoms with van der Waals surface area (Å²) in [6, 6.07) is 5.89. The number of nitrogens with zero attached hydrogens (tertiary/aromatic N) is 2. The van der Waals surface area contributed by atoms with E-state index in [0.29, 0.717) is 0 Å². The second kappa shape index (κ2) is 3.23. The Bertz CT molecular complexity index is 233. The van der Waals surface area contributed by atoms with Crippen LogP contribution >= 0.6 is 0 Å². The maximum Gasteiger partial charge on any atom is 0.130 e. The first-order chi connectivity index (χ1) is 5.24. The second-order valence-corrected chi connectivity index (χ2v) is 2.53. The zero-order valence-corrected chi connectivity index (χ0v) is 7.13. The molecule has 1 N–H and O–H groups in total. The van der Waals surface area contributed by atoms with E-state index in [1.54, 1.807) is 0 Å². The van der Waals surface area contributed by atoms with Gasteiger partial charge in [-0.1, -0.05) is 6.07 Å². The van der Waals surface area contributed by atoms with Crippen molar-refractivity contribution in [2.45, 2.75) is 0 Å². The fourth-order valence-corrected chi connectivity index (χ4v) is 0.812. The molecule has 1 rings (SSSR count). The summed E-state index contributed by atoms with van der Waals surface area (Å²) >= 11 is 0. The molecule has 0 unspecified atom stereocenters. The number of aromatic nitrogens is 1. The Morgan fingerprint density at radius 3 is 2.64 bits per heavy atom. The van der Waals surface area contributed by atoms with Crippen molar-refractivity contribution < 1.29 is 0 Å². The lowest BCUT2D eigenvalue weighted by molar-refractivity contribution is 1.07. The van der Waals surface area contributed by atoms with Gasteiger partial charge < -0.3 is 10.2 Å². The van der Waals surface area contributed by atoms with Crippen LogP contribution in [-0.2, 0) is 0 Å². The minimum atomic E-state index is 0.899. The molecule has 0 saturated carbocycles. The van der Waals surface area contributed by atoms with Crippen molar-refractivity contribution in [1.82, 2.24) is 4.98 Å². The predicted molar refractivity (Wildman–Crippen MR) is 48.1 cm³/mol. The van der Waals surface area contributed by atoms with Crippen LogP contribution in [0.3, 0.4) is 0 Å². The number of nitrogens with one attached hydrogen (secondary N) is 1. The molecular weight excluding hydrogens is 138 g/mol. The maximum absolute atomic E-state index is 4.31. The van der Waals surface area contributed by atoms with Gasteiger partial charge in [-0.2, -0.15) is 0 Å². The Hall–Kier alpha value is -1.25. The molecule has 0 radical (unpaired) electrons. The Morgan fingerprint density at radius 2 is 2.09 bits per heavy atom. The molecule has 0 spiro atoms. The Labute approximate surface area is 67.1 Å². The number of hydrogen-bond acceptors (Lipinski definition) is 3. The van der Waals surface area contributed by atoms with Crippen molar-refractivity contribution in [2.24, 2.45) is 0 Å². The van der Waals surface area contributed by atoms with Crippen molar-refractivity contribution in [3.8, 4) is 0 Å². The maximum atomic E-state index is 4.31. The van der Waals surface area contributed by atoms with Gasteiger partial charge in [0, 0.05) is 21.1 Å². The number of rotatable bonds is 2. The highest BCUT2D eigenvalue weighted by atomic mass is 15.2. The summed E-state index contributed by atoms with van der Waals surface area (Å²) in [6.07, 6.45) is 0. The molecule has 1 aromatic heterocycles. The summed E-state index contributed by atoms with van der Waals surface area (Å²) in [6.45, 7) is 0. The van der Waals surface area contributed by atoms with Crippen LogP contribution in [-0.4, -0.2) is 26.1 Å². The number of hydrogen-bond donors (Lipinski definition) is 1. The zero-order chi connectivity index (χ0) is 8.27. The highest BCUT2D eigenvalue weighted by molar-refractivity contribution is 5.45. The third kappa shape index (κ3) is 1.83. The SMILES string of the molecule is CNc1cccc(N(C)C)n1. The minimum Gasteiger partial charge on any atom is -0.373 e. The Kier molecular flexibility index (Phi) is 2.31. The normalized spacial score (nSPS) is 9.36.